The summed E-state index contributed by atoms with van der Waals surface area (Å²) in [5, 5.41) is 23.9. The summed E-state index contributed by atoms with van der Waals surface area (Å²) >= 11 is 0. The highest BCUT2D eigenvalue weighted by atomic mass is 31.2. The maximum atomic E-state index is 12.8. The van der Waals surface area contributed by atoms with E-state index >= 15 is 0 Å². The van der Waals surface area contributed by atoms with Crippen LogP contribution in [0.4, 0.5) is 0 Å². The molecule has 6 aromatic rings. The lowest BCUT2D eigenvalue weighted by molar-refractivity contribution is 0.0874. The van der Waals surface area contributed by atoms with Gasteiger partial charge in [0.2, 0.25) is 17.7 Å². The van der Waals surface area contributed by atoms with Crippen LogP contribution in [0.3, 0.4) is 0 Å². The number of carbonyl (C=O) groups is 3. The lowest BCUT2D eigenvalue weighted by Crippen LogP contribution is -2.17. The molecule has 5 N–H and O–H groups in total. The van der Waals surface area contributed by atoms with Gasteiger partial charge < -0.3 is 25.7 Å². The van der Waals surface area contributed by atoms with Gasteiger partial charge in [-0.25, -0.2) is 14.0 Å². The highest BCUT2D eigenvalue weighted by Gasteiger charge is 2.66. The fraction of sp³-hybridized carbons (Fsp3) is 0.577. The quantitative estimate of drug-likeness (QED) is 0.0269. The Kier molecular flexibility index (Phi) is 19.5. The number of aromatic nitrogens is 6. The molecule has 3 heterocycles. The second-order valence-corrected chi connectivity index (χ2v) is 29.8. The Bertz CT molecular complexity index is 3330. The largest absolute Gasteiger partial charge is 0.325 e. The molecule has 0 amide bonds. The van der Waals surface area contributed by atoms with Gasteiger partial charge in [-0.1, -0.05) is 141 Å². The van der Waals surface area contributed by atoms with E-state index in [0.717, 1.165) is 92.2 Å². The van der Waals surface area contributed by atoms with Gasteiger partial charge in [0, 0.05) is 55.6 Å². The standard InChI is InChI=1S/2C24H33N3O.C23H32N3O4P/c2*1-5-6-13-25-15-18-9-7-17(8-10-18)11-12-21(28)27-20-14-19-23(24(19,3)4)22(20)16(2)26-27;1-15-21-19(13-18-22(21)23(18,2)3)26(25-15)20(27)10-9-16-5-7-17(8-6-16)14-24-11-4-12-31(28,29)30/h2*7-10,19,23,25H,5-6,11-15H2,1-4H3;5-8,18,22,24H,4,9-14H2,1-3H3,(H2,28,29,30). The first kappa shape index (κ1) is 64.3. The van der Waals surface area contributed by atoms with Gasteiger partial charge in [0.15, 0.2) is 0 Å². The predicted octanol–water partition coefficient (Wildman–Crippen LogP) is 12.7. The minimum atomic E-state index is -3.91. The lowest BCUT2D eigenvalue weighted by atomic mass is 9.98. The lowest BCUT2D eigenvalue weighted by Gasteiger charge is -2.10. The molecule has 87 heavy (non-hydrogen) atoms. The Balaban J connectivity index is 0.000000145. The van der Waals surface area contributed by atoms with Crippen LogP contribution in [0.15, 0.2) is 72.8 Å². The van der Waals surface area contributed by atoms with Crippen LogP contribution in [0, 0.1) is 54.8 Å². The Morgan fingerprint density at radius 3 is 1.00 bits per heavy atom. The zero-order chi connectivity index (χ0) is 62.2. The van der Waals surface area contributed by atoms with Crippen LogP contribution in [0.1, 0.15) is 223 Å². The monoisotopic (exact) mass is 1200 g/mol. The SMILES string of the molecule is CCCCNCc1ccc(CCC(=O)n2nc(C)c3c2CC2C3C2(C)C)cc1.CCCCNCc1ccc(CCC(=O)n2nc(C)c3c2CC2C3C2(C)C)cc1.Cc1nn(C(=O)CCc2ccc(CNCCCP(=O)(O)O)cc2)c2c1C1C(C2)C1(C)C. The number of nitrogens with zero attached hydrogens (tertiary/aromatic N) is 6. The van der Waals surface area contributed by atoms with Crippen molar-refractivity contribution < 1.29 is 28.7 Å². The first-order chi connectivity index (χ1) is 41.4. The van der Waals surface area contributed by atoms with Gasteiger partial charge in [-0.2, -0.15) is 15.3 Å². The summed E-state index contributed by atoms with van der Waals surface area (Å²) in [6.07, 6.45) is 11.9. The third-order valence-corrected chi connectivity index (χ3v) is 21.7. The summed E-state index contributed by atoms with van der Waals surface area (Å²) in [6.45, 7) is 29.7. The molecule has 0 saturated heterocycles. The van der Waals surface area contributed by atoms with E-state index in [-0.39, 0.29) is 23.9 Å². The summed E-state index contributed by atoms with van der Waals surface area (Å²) in [7, 11) is -3.91. The molecule has 0 aliphatic heterocycles. The normalized spacial score (nSPS) is 21.3. The Morgan fingerprint density at radius 2 is 0.736 bits per heavy atom. The van der Waals surface area contributed by atoms with Crippen LogP contribution in [0.5, 0.6) is 0 Å². The van der Waals surface area contributed by atoms with E-state index in [4.69, 9.17) is 9.79 Å². The number of fused-ring (bicyclic) bond motifs is 9. The van der Waals surface area contributed by atoms with Crippen molar-refractivity contribution in [1.82, 2.24) is 45.3 Å². The second kappa shape index (κ2) is 26.4. The second-order valence-electron chi connectivity index (χ2n) is 28.0. The van der Waals surface area contributed by atoms with Crippen molar-refractivity contribution in [3.8, 4) is 0 Å². The molecule has 15 nitrogen and oxygen atoms in total. The Morgan fingerprint density at radius 1 is 0.471 bits per heavy atom. The van der Waals surface area contributed by atoms with Gasteiger partial charge >= 0.3 is 7.60 Å². The van der Waals surface area contributed by atoms with Crippen molar-refractivity contribution in [2.45, 2.75) is 203 Å². The molecule has 3 aromatic carbocycles. The summed E-state index contributed by atoms with van der Waals surface area (Å²) in [4.78, 5) is 56.2. The van der Waals surface area contributed by atoms with Crippen molar-refractivity contribution in [2.24, 2.45) is 34.0 Å². The number of hydrogen-bond acceptors (Lipinski definition) is 10. The van der Waals surface area contributed by atoms with E-state index < -0.39 is 7.60 Å². The van der Waals surface area contributed by atoms with E-state index in [1.54, 1.807) is 14.0 Å². The molecule has 0 bridgehead atoms. The molecule has 6 unspecified atom stereocenters. The minimum absolute atomic E-state index is 0.0688. The molecule has 6 aliphatic rings. The van der Waals surface area contributed by atoms with Crippen LogP contribution in [-0.4, -0.2) is 82.6 Å². The van der Waals surface area contributed by atoms with E-state index in [2.05, 4.69) is 149 Å². The highest BCUT2D eigenvalue weighted by molar-refractivity contribution is 7.51. The van der Waals surface area contributed by atoms with Gasteiger partial charge in [-0.05, 0) is 183 Å². The van der Waals surface area contributed by atoms with E-state index in [1.165, 1.54) is 76.0 Å². The molecule has 0 radical (unpaired) electrons. The number of hydrogen-bond donors (Lipinski definition) is 5. The van der Waals surface area contributed by atoms with Crippen LogP contribution < -0.4 is 16.0 Å². The van der Waals surface area contributed by atoms with Gasteiger partial charge in [-0.15, -0.1) is 0 Å². The van der Waals surface area contributed by atoms with Crippen molar-refractivity contribution in [3.63, 3.8) is 0 Å². The average Bonchev–Trinajstić information content (AvgIpc) is 1.54. The van der Waals surface area contributed by atoms with E-state index in [9.17, 15) is 18.9 Å². The number of carbonyl (C=O) groups excluding carboxylic acids is 3. The fourth-order valence-corrected chi connectivity index (χ4v) is 15.7. The van der Waals surface area contributed by atoms with E-state index in [1.807, 2.05) is 31.2 Å². The number of aryl methyl sites for hydroxylation is 6. The minimum Gasteiger partial charge on any atom is -0.324 e. The number of rotatable bonds is 25. The number of benzene rings is 3. The zero-order valence-electron chi connectivity index (χ0n) is 53.9. The van der Waals surface area contributed by atoms with Crippen molar-refractivity contribution in [1.29, 1.82) is 0 Å². The van der Waals surface area contributed by atoms with Gasteiger partial charge in [0.25, 0.3) is 0 Å². The van der Waals surface area contributed by atoms with Crippen LogP contribution in [-0.2, 0) is 62.7 Å². The smallest absolute Gasteiger partial charge is 0.324 e. The van der Waals surface area contributed by atoms with Gasteiger partial charge in [0.1, 0.15) is 0 Å². The molecule has 3 aromatic heterocycles. The molecule has 0 spiro atoms. The molecule has 6 atom stereocenters. The van der Waals surface area contributed by atoms with Crippen molar-refractivity contribution >= 4 is 25.3 Å². The average molecular weight is 1200 g/mol. The third kappa shape index (κ3) is 14.2. The van der Waals surface area contributed by atoms with Crippen molar-refractivity contribution in [3.05, 3.63) is 157 Å². The fourth-order valence-electron chi connectivity index (χ4n) is 15.2. The number of nitrogens with one attached hydrogen (secondary N) is 3. The topological polar surface area (TPSA) is 198 Å². The molecule has 16 heteroatoms. The summed E-state index contributed by atoms with van der Waals surface area (Å²) < 4.78 is 15.9. The molecular formula is C71H98N9O6P. The van der Waals surface area contributed by atoms with Crippen molar-refractivity contribution in [2.75, 3.05) is 25.8 Å². The maximum Gasteiger partial charge on any atom is 0.325 e. The summed E-state index contributed by atoms with van der Waals surface area (Å²) in [6, 6.07) is 25.4. The molecule has 3 fully saturated rings. The van der Waals surface area contributed by atoms with Gasteiger partial charge in [0.05, 0.1) is 40.3 Å². The third-order valence-electron chi connectivity index (χ3n) is 20.8. The molecular weight excluding hydrogens is 1110 g/mol. The Hall–Kier alpha value is -5.67. The first-order valence-electron chi connectivity index (χ1n) is 32.7. The Labute approximate surface area is 517 Å². The number of unbranched alkanes of at least 4 members (excludes halogenated alkanes) is 2. The molecule has 3 saturated carbocycles. The zero-order valence-corrected chi connectivity index (χ0v) is 54.8. The highest BCUT2D eigenvalue weighted by Crippen LogP contribution is 2.72. The van der Waals surface area contributed by atoms with Gasteiger partial charge in [-0.3, -0.25) is 18.9 Å². The van der Waals surface area contributed by atoms with E-state index in [0.29, 0.717) is 96.9 Å². The van der Waals surface area contributed by atoms with Crippen LogP contribution in [0.25, 0.3) is 0 Å². The summed E-state index contributed by atoms with van der Waals surface area (Å²) in [5.41, 5.74) is 19.1. The maximum absolute atomic E-state index is 12.8. The predicted molar refractivity (Wildman–Crippen MR) is 345 cm³/mol. The van der Waals surface area contributed by atoms with Crippen LogP contribution >= 0.6 is 7.60 Å². The first-order valence-corrected chi connectivity index (χ1v) is 34.5. The molecule has 6 aliphatic carbocycles. The van der Waals surface area contributed by atoms with Crippen LogP contribution in [0.2, 0.25) is 0 Å². The molecule has 12 rings (SSSR count). The molecule has 468 valence electrons. The summed E-state index contributed by atoms with van der Waals surface area (Å²) in [5.74, 6) is 4.21.